The summed E-state index contributed by atoms with van der Waals surface area (Å²) in [5, 5.41) is 7.67. The Balaban J connectivity index is 2.40. The molecule has 0 fully saturated rings. The highest BCUT2D eigenvalue weighted by Crippen LogP contribution is 2.28. The number of nitrogens with one attached hydrogen (secondary N) is 1. The first-order valence-corrected chi connectivity index (χ1v) is 6.86. The molecule has 0 aliphatic carbocycles. The van der Waals surface area contributed by atoms with E-state index in [1.807, 2.05) is 19.4 Å². The second-order valence-electron chi connectivity index (χ2n) is 4.64. The van der Waals surface area contributed by atoms with Crippen LogP contribution in [0.25, 0.3) is 0 Å². The van der Waals surface area contributed by atoms with Crippen LogP contribution in [0.5, 0.6) is 11.8 Å². The Labute approximate surface area is 124 Å². The second kappa shape index (κ2) is 7.03. The number of aromatic nitrogens is 4. The van der Waals surface area contributed by atoms with Crippen molar-refractivity contribution < 1.29 is 9.47 Å². The predicted octanol–water partition coefficient (Wildman–Crippen LogP) is 1.32. The molecule has 0 aliphatic heterocycles. The molecule has 0 aromatic carbocycles. The number of hydrogen-bond donors (Lipinski definition) is 1. The van der Waals surface area contributed by atoms with E-state index in [0.717, 1.165) is 24.2 Å². The first kappa shape index (κ1) is 15.2. The number of rotatable bonds is 7. The van der Waals surface area contributed by atoms with Gasteiger partial charge in [0.1, 0.15) is 5.69 Å². The maximum Gasteiger partial charge on any atom is 0.240 e. The van der Waals surface area contributed by atoms with Crippen molar-refractivity contribution in [2.45, 2.75) is 19.4 Å². The molecule has 2 rings (SSSR count). The molecule has 1 atom stereocenters. The summed E-state index contributed by atoms with van der Waals surface area (Å²) in [6.45, 7) is 2.97. The van der Waals surface area contributed by atoms with E-state index >= 15 is 0 Å². The molecular weight excluding hydrogens is 270 g/mol. The lowest BCUT2D eigenvalue weighted by atomic mass is 10.1. The number of hydrogen-bond acceptors (Lipinski definition) is 6. The van der Waals surface area contributed by atoms with Crippen molar-refractivity contribution in [3.63, 3.8) is 0 Å². The molecule has 0 bridgehead atoms. The van der Waals surface area contributed by atoms with Gasteiger partial charge in [0.2, 0.25) is 11.8 Å². The van der Waals surface area contributed by atoms with Crippen molar-refractivity contribution in [1.29, 1.82) is 0 Å². The molecule has 21 heavy (non-hydrogen) atoms. The number of ether oxygens (including phenoxy) is 2. The van der Waals surface area contributed by atoms with Crippen LogP contribution < -0.4 is 14.8 Å². The Morgan fingerprint density at radius 3 is 2.67 bits per heavy atom. The van der Waals surface area contributed by atoms with Gasteiger partial charge < -0.3 is 14.8 Å². The van der Waals surface area contributed by atoms with Crippen LogP contribution in [0.3, 0.4) is 0 Å². The monoisotopic (exact) mass is 291 g/mol. The lowest BCUT2D eigenvalue weighted by Gasteiger charge is -2.18. The third kappa shape index (κ3) is 3.49. The van der Waals surface area contributed by atoms with E-state index < -0.39 is 0 Å². The average molecular weight is 291 g/mol. The Hall–Kier alpha value is -2.15. The molecular formula is C14H21N5O2. The van der Waals surface area contributed by atoms with E-state index in [4.69, 9.17) is 9.47 Å². The molecule has 0 radical (unpaired) electrons. The normalized spacial score (nSPS) is 12.2. The summed E-state index contributed by atoms with van der Waals surface area (Å²) in [5.74, 6) is 0.878. The Morgan fingerprint density at radius 1 is 1.29 bits per heavy atom. The van der Waals surface area contributed by atoms with Gasteiger partial charge in [-0.25, -0.2) is 4.98 Å². The Kier molecular flexibility index (Phi) is 5.10. The van der Waals surface area contributed by atoms with Gasteiger partial charge in [-0.2, -0.15) is 10.1 Å². The summed E-state index contributed by atoms with van der Waals surface area (Å²) in [6.07, 6.45) is 6.38. The van der Waals surface area contributed by atoms with Crippen LogP contribution in [0.1, 0.15) is 30.6 Å². The zero-order valence-corrected chi connectivity index (χ0v) is 12.8. The van der Waals surface area contributed by atoms with Gasteiger partial charge in [-0.05, 0) is 13.0 Å². The smallest absolute Gasteiger partial charge is 0.240 e. The fraction of sp³-hybridized carbons (Fsp3) is 0.500. The zero-order chi connectivity index (χ0) is 15.2. The van der Waals surface area contributed by atoms with Crippen LogP contribution in [0.15, 0.2) is 18.6 Å². The summed E-state index contributed by atoms with van der Waals surface area (Å²) in [6, 6.07) is -0.119. The maximum absolute atomic E-state index is 5.36. The quantitative estimate of drug-likeness (QED) is 0.829. The molecule has 1 unspecified atom stereocenters. The van der Waals surface area contributed by atoms with Crippen LogP contribution in [-0.2, 0) is 7.05 Å². The highest BCUT2D eigenvalue weighted by molar-refractivity contribution is 5.32. The summed E-state index contributed by atoms with van der Waals surface area (Å²) in [5.41, 5.74) is 1.74. The molecule has 0 spiro atoms. The second-order valence-corrected chi connectivity index (χ2v) is 4.64. The van der Waals surface area contributed by atoms with Crippen LogP contribution in [0, 0.1) is 0 Å². The zero-order valence-electron chi connectivity index (χ0n) is 12.8. The van der Waals surface area contributed by atoms with Gasteiger partial charge in [-0.15, -0.1) is 0 Å². The van der Waals surface area contributed by atoms with Crippen molar-refractivity contribution in [1.82, 2.24) is 25.1 Å². The van der Waals surface area contributed by atoms with E-state index in [-0.39, 0.29) is 6.04 Å². The van der Waals surface area contributed by atoms with E-state index in [1.54, 1.807) is 25.1 Å². The number of nitrogens with zero attached hydrogens (tertiary/aromatic N) is 4. The molecule has 114 valence electrons. The minimum Gasteiger partial charge on any atom is -0.480 e. The number of aryl methyl sites for hydroxylation is 1. The van der Waals surface area contributed by atoms with Crippen LogP contribution in [0.2, 0.25) is 0 Å². The lowest BCUT2D eigenvalue weighted by molar-refractivity contribution is 0.352. The first-order chi connectivity index (χ1) is 10.2. The van der Waals surface area contributed by atoms with Gasteiger partial charge in [0.15, 0.2) is 0 Å². The molecule has 0 aliphatic rings. The SMILES string of the molecule is CCCNC(c1cnn(C)c1)c1ncc(OC)nc1OC. The molecule has 2 heterocycles. The van der Waals surface area contributed by atoms with Crippen molar-refractivity contribution in [2.75, 3.05) is 20.8 Å². The Morgan fingerprint density at radius 2 is 2.10 bits per heavy atom. The van der Waals surface area contributed by atoms with Crippen LogP contribution >= 0.6 is 0 Å². The number of methoxy groups -OCH3 is 2. The van der Waals surface area contributed by atoms with Crippen molar-refractivity contribution in [2.24, 2.45) is 7.05 Å². The highest BCUT2D eigenvalue weighted by Gasteiger charge is 2.22. The highest BCUT2D eigenvalue weighted by atomic mass is 16.5. The molecule has 0 amide bonds. The summed E-state index contributed by atoms with van der Waals surface area (Å²) < 4.78 is 12.2. The molecule has 0 saturated heterocycles. The van der Waals surface area contributed by atoms with Crippen molar-refractivity contribution >= 4 is 0 Å². The third-order valence-corrected chi connectivity index (χ3v) is 3.08. The summed E-state index contributed by atoms with van der Waals surface area (Å²) in [7, 11) is 5.02. The molecule has 1 N–H and O–H groups in total. The first-order valence-electron chi connectivity index (χ1n) is 6.86. The van der Waals surface area contributed by atoms with E-state index in [1.165, 1.54) is 0 Å². The minimum atomic E-state index is -0.119. The fourth-order valence-electron chi connectivity index (χ4n) is 2.06. The van der Waals surface area contributed by atoms with E-state index in [2.05, 4.69) is 27.3 Å². The topological polar surface area (TPSA) is 74.1 Å². The third-order valence-electron chi connectivity index (χ3n) is 3.08. The van der Waals surface area contributed by atoms with Gasteiger partial charge in [0, 0.05) is 18.8 Å². The van der Waals surface area contributed by atoms with Gasteiger partial charge in [0.25, 0.3) is 0 Å². The summed E-state index contributed by atoms with van der Waals surface area (Å²) >= 11 is 0. The van der Waals surface area contributed by atoms with Crippen LogP contribution in [0.4, 0.5) is 0 Å². The van der Waals surface area contributed by atoms with Crippen molar-refractivity contribution in [3.05, 3.63) is 29.8 Å². The summed E-state index contributed by atoms with van der Waals surface area (Å²) in [4.78, 5) is 8.74. The Bertz CT molecular complexity index is 584. The molecule has 7 heteroatoms. The lowest BCUT2D eigenvalue weighted by Crippen LogP contribution is -2.24. The van der Waals surface area contributed by atoms with Gasteiger partial charge in [0.05, 0.1) is 32.7 Å². The van der Waals surface area contributed by atoms with E-state index in [9.17, 15) is 0 Å². The van der Waals surface area contributed by atoms with Crippen molar-refractivity contribution in [3.8, 4) is 11.8 Å². The molecule has 2 aromatic rings. The average Bonchev–Trinajstić information content (AvgIpc) is 2.94. The van der Waals surface area contributed by atoms with Gasteiger partial charge >= 0.3 is 0 Å². The van der Waals surface area contributed by atoms with E-state index in [0.29, 0.717) is 11.8 Å². The standard InChI is InChI=1S/C14H21N5O2/c1-5-6-15-12(10-7-17-19(2)9-10)13-14(21-4)18-11(20-3)8-16-13/h7-9,12,15H,5-6H2,1-4H3. The van der Waals surface area contributed by atoms with Gasteiger partial charge in [-0.1, -0.05) is 6.92 Å². The fourth-order valence-corrected chi connectivity index (χ4v) is 2.06. The molecule has 7 nitrogen and oxygen atoms in total. The molecule has 2 aromatic heterocycles. The maximum atomic E-state index is 5.36. The largest absolute Gasteiger partial charge is 0.480 e. The predicted molar refractivity (Wildman–Crippen MR) is 78.5 cm³/mol. The minimum absolute atomic E-state index is 0.119. The molecule has 0 saturated carbocycles. The van der Waals surface area contributed by atoms with Gasteiger partial charge in [-0.3, -0.25) is 4.68 Å². The van der Waals surface area contributed by atoms with Crippen LogP contribution in [-0.4, -0.2) is 40.5 Å².